The number of nitrogens with one attached hydrogen (secondary N) is 1. The van der Waals surface area contributed by atoms with Crippen molar-refractivity contribution in [3.8, 4) is 11.5 Å². The zero-order valence-electron chi connectivity index (χ0n) is 11.4. The highest BCUT2D eigenvalue weighted by Crippen LogP contribution is 2.30. The molecule has 0 saturated heterocycles. The highest BCUT2D eigenvalue weighted by molar-refractivity contribution is 7.07. The molecule has 1 heterocycles. The second-order valence-electron chi connectivity index (χ2n) is 4.59. The van der Waals surface area contributed by atoms with Crippen LogP contribution >= 0.6 is 11.3 Å². The molecule has 0 aliphatic rings. The van der Waals surface area contributed by atoms with Crippen molar-refractivity contribution in [3.05, 3.63) is 46.2 Å². The topological polar surface area (TPSA) is 41.5 Å². The van der Waals surface area contributed by atoms with Crippen LogP contribution in [0.5, 0.6) is 11.5 Å². The zero-order valence-corrected chi connectivity index (χ0v) is 12.2. The fourth-order valence-corrected chi connectivity index (χ4v) is 2.84. The highest BCUT2D eigenvalue weighted by Gasteiger charge is 2.15. The molecule has 0 bridgehead atoms. The van der Waals surface area contributed by atoms with Gasteiger partial charge in [0.15, 0.2) is 0 Å². The Hall–Kier alpha value is -1.52. The Bertz CT molecular complexity index is 525. The van der Waals surface area contributed by atoms with E-state index in [0.29, 0.717) is 5.75 Å². The number of hydrogen-bond donors (Lipinski definition) is 2. The third kappa shape index (κ3) is 3.28. The van der Waals surface area contributed by atoms with Crippen molar-refractivity contribution in [2.45, 2.75) is 25.9 Å². The van der Waals surface area contributed by atoms with Crippen molar-refractivity contribution in [3.63, 3.8) is 0 Å². The summed E-state index contributed by atoms with van der Waals surface area (Å²) in [7, 11) is 1.63. The number of aromatic hydroxyl groups is 1. The second kappa shape index (κ2) is 6.08. The number of hydrogen-bond acceptors (Lipinski definition) is 4. The molecule has 2 rings (SSSR count). The van der Waals surface area contributed by atoms with E-state index in [1.165, 1.54) is 5.56 Å². The van der Waals surface area contributed by atoms with Crippen molar-refractivity contribution in [2.24, 2.45) is 0 Å². The van der Waals surface area contributed by atoms with Gasteiger partial charge in [0.25, 0.3) is 0 Å². The van der Waals surface area contributed by atoms with Gasteiger partial charge in [-0.05, 0) is 54.4 Å². The van der Waals surface area contributed by atoms with Gasteiger partial charge in [0.05, 0.1) is 7.11 Å². The predicted molar refractivity (Wildman–Crippen MR) is 78.9 cm³/mol. The molecule has 2 N–H and O–H groups in total. The summed E-state index contributed by atoms with van der Waals surface area (Å²) in [6.45, 7) is 4.16. The maximum atomic E-state index is 9.95. The maximum absolute atomic E-state index is 9.95. The number of ether oxygens (including phenoxy) is 1. The average molecular weight is 277 g/mol. The van der Waals surface area contributed by atoms with Gasteiger partial charge in [0.1, 0.15) is 11.5 Å². The molecule has 19 heavy (non-hydrogen) atoms. The monoisotopic (exact) mass is 277 g/mol. The largest absolute Gasteiger partial charge is 0.508 e. The molecule has 0 spiro atoms. The summed E-state index contributed by atoms with van der Waals surface area (Å²) in [6.07, 6.45) is 0. The lowest BCUT2D eigenvalue weighted by Gasteiger charge is -2.21. The molecule has 2 unspecified atom stereocenters. The van der Waals surface area contributed by atoms with E-state index in [-0.39, 0.29) is 12.1 Å². The molecule has 0 aliphatic carbocycles. The van der Waals surface area contributed by atoms with E-state index in [0.717, 1.165) is 11.3 Å². The summed E-state index contributed by atoms with van der Waals surface area (Å²) in [6, 6.07) is 7.69. The van der Waals surface area contributed by atoms with Crippen LogP contribution in [0.4, 0.5) is 0 Å². The molecule has 0 saturated carbocycles. The van der Waals surface area contributed by atoms with Gasteiger partial charge in [-0.2, -0.15) is 11.3 Å². The van der Waals surface area contributed by atoms with Crippen molar-refractivity contribution in [1.29, 1.82) is 0 Å². The maximum Gasteiger partial charge on any atom is 0.120 e. The van der Waals surface area contributed by atoms with Crippen LogP contribution in [0, 0.1) is 0 Å². The van der Waals surface area contributed by atoms with Crippen molar-refractivity contribution in [1.82, 2.24) is 5.32 Å². The summed E-state index contributed by atoms with van der Waals surface area (Å²) in [5.41, 5.74) is 2.11. The van der Waals surface area contributed by atoms with Gasteiger partial charge < -0.3 is 15.2 Å². The third-order valence-electron chi connectivity index (χ3n) is 3.24. The molecular formula is C15H19NO2S. The van der Waals surface area contributed by atoms with E-state index in [1.54, 1.807) is 30.6 Å². The normalized spacial score (nSPS) is 14.1. The number of rotatable bonds is 5. The molecular weight excluding hydrogens is 258 g/mol. The molecule has 2 aromatic rings. The fraction of sp³-hybridized carbons (Fsp3) is 0.333. The molecule has 0 aliphatic heterocycles. The van der Waals surface area contributed by atoms with Crippen molar-refractivity contribution in [2.75, 3.05) is 7.11 Å². The molecule has 4 heteroatoms. The Kier molecular flexibility index (Phi) is 4.45. The van der Waals surface area contributed by atoms with Crippen LogP contribution in [0.1, 0.15) is 37.1 Å². The lowest BCUT2D eigenvalue weighted by molar-refractivity contribution is 0.405. The minimum Gasteiger partial charge on any atom is -0.508 e. The summed E-state index contributed by atoms with van der Waals surface area (Å²) >= 11 is 1.69. The minimum atomic E-state index is 0.0463. The third-order valence-corrected chi connectivity index (χ3v) is 3.95. The van der Waals surface area contributed by atoms with E-state index >= 15 is 0 Å². The van der Waals surface area contributed by atoms with Gasteiger partial charge in [-0.15, -0.1) is 0 Å². The first-order chi connectivity index (χ1) is 9.11. The van der Waals surface area contributed by atoms with E-state index < -0.39 is 0 Å². The van der Waals surface area contributed by atoms with Crippen LogP contribution in [-0.2, 0) is 0 Å². The summed E-state index contributed by atoms with van der Waals surface area (Å²) < 4.78 is 5.20. The van der Waals surface area contributed by atoms with Crippen LogP contribution in [-0.4, -0.2) is 12.2 Å². The minimum absolute atomic E-state index is 0.0463. The summed E-state index contributed by atoms with van der Waals surface area (Å²) in [4.78, 5) is 0. The Balaban J connectivity index is 2.13. The van der Waals surface area contributed by atoms with Crippen LogP contribution in [0.15, 0.2) is 35.0 Å². The summed E-state index contributed by atoms with van der Waals surface area (Å²) in [5, 5.41) is 17.6. The first-order valence-corrected chi connectivity index (χ1v) is 7.21. The number of thiophene rings is 1. The molecule has 0 amide bonds. The molecule has 0 radical (unpaired) electrons. The Morgan fingerprint density at radius 2 is 2.00 bits per heavy atom. The van der Waals surface area contributed by atoms with Gasteiger partial charge >= 0.3 is 0 Å². The lowest BCUT2D eigenvalue weighted by atomic mass is 10.0. The molecule has 1 aromatic carbocycles. The van der Waals surface area contributed by atoms with Crippen LogP contribution in [0.25, 0.3) is 0 Å². The zero-order chi connectivity index (χ0) is 13.8. The number of benzene rings is 1. The van der Waals surface area contributed by atoms with Crippen molar-refractivity contribution < 1.29 is 9.84 Å². The molecule has 102 valence electrons. The Labute approximate surface area is 117 Å². The van der Waals surface area contributed by atoms with Crippen LogP contribution < -0.4 is 10.1 Å². The number of phenolic OH excluding ortho intramolecular Hbond substituents is 1. The van der Waals surface area contributed by atoms with E-state index in [9.17, 15) is 5.11 Å². The first-order valence-electron chi connectivity index (χ1n) is 6.27. The highest BCUT2D eigenvalue weighted by atomic mass is 32.1. The van der Waals surface area contributed by atoms with Gasteiger partial charge in [-0.3, -0.25) is 0 Å². The van der Waals surface area contributed by atoms with E-state index in [1.807, 2.05) is 13.0 Å². The smallest absolute Gasteiger partial charge is 0.120 e. The van der Waals surface area contributed by atoms with Crippen molar-refractivity contribution >= 4 is 11.3 Å². The number of phenols is 1. The predicted octanol–water partition coefficient (Wildman–Crippen LogP) is 3.87. The average Bonchev–Trinajstić information content (AvgIpc) is 2.93. The number of methoxy groups -OCH3 is 1. The van der Waals surface area contributed by atoms with Crippen LogP contribution in [0.2, 0.25) is 0 Å². The molecule has 1 aromatic heterocycles. The molecule has 0 fully saturated rings. The first kappa shape index (κ1) is 13.9. The standard InChI is InChI=1S/C15H19NO2S/c1-10(12-6-7-19-9-12)16-11(2)14-8-13(18-3)4-5-15(14)17/h4-11,16-17H,1-3H3. The lowest BCUT2D eigenvalue weighted by Crippen LogP contribution is -2.22. The molecule has 2 atom stereocenters. The fourth-order valence-electron chi connectivity index (χ4n) is 2.09. The summed E-state index contributed by atoms with van der Waals surface area (Å²) in [5.74, 6) is 1.04. The van der Waals surface area contributed by atoms with Gasteiger partial charge in [-0.1, -0.05) is 0 Å². The molecule has 3 nitrogen and oxygen atoms in total. The Morgan fingerprint density at radius 1 is 1.21 bits per heavy atom. The van der Waals surface area contributed by atoms with E-state index in [2.05, 4.69) is 29.1 Å². The van der Waals surface area contributed by atoms with E-state index in [4.69, 9.17) is 4.74 Å². The Morgan fingerprint density at radius 3 is 2.63 bits per heavy atom. The quantitative estimate of drug-likeness (QED) is 0.871. The van der Waals surface area contributed by atoms with Gasteiger partial charge in [0.2, 0.25) is 0 Å². The van der Waals surface area contributed by atoms with Gasteiger partial charge in [-0.25, -0.2) is 0 Å². The second-order valence-corrected chi connectivity index (χ2v) is 5.37. The van der Waals surface area contributed by atoms with Gasteiger partial charge in [0, 0.05) is 17.6 Å². The SMILES string of the molecule is COc1ccc(O)c(C(C)NC(C)c2ccsc2)c1. The van der Waals surface area contributed by atoms with Crippen LogP contribution in [0.3, 0.4) is 0 Å².